The lowest BCUT2D eigenvalue weighted by Crippen LogP contribution is -2.30. The molecular weight excluding hydrogens is 210 g/mol. The van der Waals surface area contributed by atoms with Crippen LogP contribution in [0.5, 0.6) is 0 Å². The lowest BCUT2D eigenvalue weighted by atomic mass is 10.7. The molecule has 13 heavy (non-hydrogen) atoms. The summed E-state index contributed by atoms with van der Waals surface area (Å²) in [5, 5.41) is 8.18. The molecule has 0 aliphatic heterocycles. The standard InChI is InChI=1S/C4H4F6O3/c5-3(6,7)12-1-2(11)13-4(8,9)10/h2,11H,1H2. The molecule has 0 aromatic heterocycles. The molecule has 0 saturated heterocycles. The predicted octanol–water partition coefficient (Wildman–Crippen LogP) is 1.38. The van der Waals surface area contributed by atoms with E-state index in [-0.39, 0.29) is 0 Å². The maximum Gasteiger partial charge on any atom is 0.524 e. The van der Waals surface area contributed by atoms with Gasteiger partial charge < -0.3 is 5.11 Å². The summed E-state index contributed by atoms with van der Waals surface area (Å²) < 4.78 is 72.8. The first kappa shape index (κ1) is 12.5. The second kappa shape index (κ2) is 4.11. The first-order valence-corrected chi connectivity index (χ1v) is 2.73. The number of hydrogen-bond acceptors (Lipinski definition) is 3. The van der Waals surface area contributed by atoms with Gasteiger partial charge in [0.15, 0.2) is 6.29 Å². The lowest BCUT2D eigenvalue weighted by molar-refractivity contribution is -0.398. The van der Waals surface area contributed by atoms with Crippen LogP contribution in [0.25, 0.3) is 0 Å². The monoisotopic (exact) mass is 214 g/mol. The third kappa shape index (κ3) is 9.37. The molecule has 0 aromatic carbocycles. The fourth-order valence-corrected chi connectivity index (χ4v) is 0.354. The first-order valence-electron chi connectivity index (χ1n) is 2.73. The summed E-state index contributed by atoms with van der Waals surface area (Å²) in [6, 6.07) is 0. The quantitative estimate of drug-likeness (QED) is 0.569. The molecule has 0 aliphatic carbocycles. The molecule has 0 aliphatic rings. The van der Waals surface area contributed by atoms with Crippen molar-refractivity contribution < 1.29 is 40.9 Å². The van der Waals surface area contributed by atoms with Crippen LogP contribution in [0.1, 0.15) is 0 Å². The first-order chi connectivity index (χ1) is 5.60. The minimum Gasteiger partial charge on any atom is -0.366 e. The predicted molar refractivity (Wildman–Crippen MR) is 25.2 cm³/mol. The van der Waals surface area contributed by atoms with Crippen molar-refractivity contribution in [2.45, 2.75) is 19.0 Å². The zero-order chi connectivity index (χ0) is 10.7. The van der Waals surface area contributed by atoms with E-state index in [0.29, 0.717) is 0 Å². The zero-order valence-electron chi connectivity index (χ0n) is 5.82. The highest BCUT2D eigenvalue weighted by Gasteiger charge is 2.36. The van der Waals surface area contributed by atoms with E-state index >= 15 is 0 Å². The molecule has 0 amide bonds. The Bertz CT molecular complexity index is 151. The molecule has 0 fully saturated rings. The minimum atomic E-state index is -5.20. The fourth-order valence-electron chi connectivity index (χ4n) is 0.354. The Kier molecular flexibility index (Phi) is 3.94. The van der Waals surface area contributed by atoms with E-state index in [0.717, 1.165) is 0 Å². The minimum absolute atomic E-state index is 1.64. The average molecular weight is 214 g/mol. The molecule has 1 N–H and O–H groups in total. The highest BCUT2D eigenvalue weighted by atomic mass is 19.4. The van der Waals surface area contributed by atoms with Gasteiger partial charge in [-0.3, -0.25) is 9.47 Å². The topological polar surface area (TPSA) is 38.7 Å². The SMILES string of the molecule is OC(COC(F)(F)F)OC(F)(F)F. The van der Waals surface area contributed by atoms with Gasteiger partial charge in [-0.25, -0.2) is 0 Å². The molecule has 0 spiro atoms. The number of alkyl halides is 6. The molecule has 0 aromatic rings. The summed E-state index contributed by atoms with van der Waals surface area (Å²) in [6.07, 6.45) is -13.0. The number of aliphatic hydroxyl groups is 1. The third-order valence-corrected chi connectivity index (χ3v) is 0.659. The van der Waals surface area contributed by atoms with E-state index in [1.54, 1.807) is 0 Å². The van der Waals surface area contributed by atoms with E-state index in [1.165, 1.54) is 0 Å². The van der Waals surface area contributed by atoms with Crippen LogP contribution < -0.4 is 0 Å². The van der Waals surface area contributed by atoms with Gasteiger partial charge >= 0.3 is 12.7 Å². The maximum absolute atomic E-state index is 11.2. The second-order valence-electron chi connectivity index (χ2n) is 1.77. The molecular formula is C4H4F6O3. The number of halogens is 6. The zero-order valence-corrected chi connectivity index (χ0v) is 5.82. The van der Waals surface area contributed by atoms with E-state index in [1.807, 2.05) is 0 Å². The summed E-state index contributed by atoms with van der Waals surface area (Å²) in [4.78, 5) is 0. The van der Waals surface area contributed by atoms with Gasteiger partial charge in [0.2, 0.25) is 0 Å². The van der Waals surface area contributed by atoms with Gasteiger partial charge in [0.25, 0.3) is 0 Å². The number of ether oxygens (including phenoxy) is 2. The van der Waals surface area contributed by atoms with Crippen LogP contribution in [0.3, 0.4) is 0 Å². The van der Waals surface area contributed by atoms with Crippen molar-refractivity contribution in [1.29, 1.82) is 0 Å². The molecule has 0 heterocycles. The molecule has 0 radical (unpaired) electrons. The van der Waals surface area contributed by atoms with Gasteiger partial charge in [-0.1, -0.05) is 0 Å². The van der Waals surface area contributed by atoms with Gasteiger partial charge in [-0.05, 0) is 0 Å². The van der Waals surface area contributed by atoms with Crippen molar-refractivity contribution in [3.8, 4) is 0 Å². The van der Waals surface area contributed by atoms with Crippen LogP contribution in [-0.4, -0.2) is 30.7 Å². The molecule has 1 unspecified atom stereocenters. The molecule has 3 nitrogen and oxygen atoms in total. The van der Waals surface area contributed by atoms with Crippen molar-refractivity contribution in [3.63, 3.8) is 0 Å². The Hall–Kier alpha value is -0.540. The molecule has 0 saturated carbocycles. The Morgan fingerprint density at radius 2 is 1.46 bits per heavy atom. The van der Waals surface area contributed by atoms with Crippen LogP contribution >= 0.6 is 0 Å². The van der Waals surface area contributed by atoms with E-state index < -0.39 is 25.6 Å². The lowest BCUT2D eigenvalue weighted by Gasteiger charge is -2.14. The smallest absolute Gasteiger partial charge is 0.366 e. The van der Waals surface area contributed by atoms with Crippen LogP contribution in [-0.2, 0) is 9.47 Å². The summed E-state index contributed by atoms with van der Waals surface area (Å²) in [5.41, 5.74) is 0. The van der Waals surface area contributed by atoms with Gasteiger partial charge in [-0.2, -0.15) is 0 Å². The van der Waals surface area contributed by atoms with Crippen LogP contribution in [0.15, 0.2) is 0 Å². The summed E-state index contributed by atoms with van der Waals surface area (Å²) in [6.45, 7) is -1.64. The van der Waals surface area contributed by atoms with Crippen molar-refractivity contribution in [1.82, 2.24) is 0 Å². The van der Waals surface area contributed by atoms with Crippen LogP contribution in [0.2, 0.25) is 0 Å². The summed E-state index contributed by atoms with van der Waals surface area (Å²) >= 11 is 0. The second-order valence-corrected chi connectivity index (χ2v) is 1.77. The van der Waals surface area contributed by atoms with Crippen molar-refractivity contribution in [2.24, 2.45) is 0 Å². The fraction of sp³-hybridized carbons (Fsp3) is 1.00. The Morgan fingerprint density at radius 1 is 1.00 bits per heavy atom. The number of hydrogen-bond donors (Lipinski definition) is 1. The number of rotatable bonds is 3. The van der Waals surface area contributed by atoms with Crippen molar-refractivity contribution in [2.75, 3.05) is 6.61 Å². The van der Waals surface area contributed by atoms with Crippen LogP contribution in [0, 0.1) is 0 Å². The van der Waals surface area contributed by atoms with Crippen molar-refractivity contribution >= 4 is 0 Å². The molecule has 0 bridgehead atoms. The highest BCUT2D eigenvalue weighted by Crippen LogP contribution is 2.20. The van der Waals surface area contributed by atoms with Gasteiger partial charge in [0.05, 0.1) is 0 Å². The van der Waals surface area contributed by atoms with Gasteiger partial charge in [0.1, 0.15) is 6.61 Å². The molecule has 0 rings (SSSR count). The molecule has 9 heteroatoms. The molecule has 1 atom stereocenters. The Morgan fingerprint density at radius 3 is 1.77 bits per heavy atom. The van der Waals surface area contributed by atoms with Crippen LogP contribution in [0.4, 0.5) is 26.3 Å². The average Bonchev–Trinajstić information content (AvgIpc) is 1.78. The van der Waals surface area contributed by atoms with E-state index in [2.05, 4.69) is 9.47 Å². The molecule has 80 valence electrons. The highest BCUT2D eigenvalue weighted by molar-refractivity contribution is 4.40. The maximum atomic E-state index is 11.2. The largest absolute Gasteiger partial charge is 0.524 e. The summed E-state index contributed by atoms with van der Waals surface area (Å²) in [7, 11) is 0. The van der Waals surface area contributed by atoms with Crippen molar-refractivity contribution in [3.05, 3.63) is 0 Å². The number of aliphatic hydroxyl groups excluding tert-OH is 1. The third-order valence-electron chi connectivity index (χ3n) is 0.659. The van der Waals surface area contributed by atoms with Gasteiger partial charge in [-0.15, -0.1) is 26.3 Å². The Balaban J connectivity index is 3.70. The Labute approximate surface area is 67.8 Å². The van der Waals surface area contributed by atoms with E-state index in [4.69, 9.17) is 5.11 Å². The summed E-state index contributed by atoms with van der Waals surface area (Å²) in [5.74, 6) is 0. The van der Waals surface area contributed by atoms with Gasteiger partial charge in [0, 0.05) is 0 Å². The van der Waals surface area contributed by atoms with E-state index in [9.17, 15) is 26.3 Å². The normalized spacial score (nSPS) is 15.9.